The highest BCUT2D eigenvalue weighted by Gasteiger charge is 2.25. The zero-order valence-electron chi connectivity index (χ0n) is 7.95. The third kappa shape index (κ3) is 4.31. The number of aliphatic carboxylic acids is 1. The third-order valence-corrected chi connectivity index (χ3v) is 1.45. The number of carboxylic acid groups (broad SMARTS) is 1. The van der Waals surface area contributed by atoms with Crippen LogP contribution in [-0.2, 0) is 14.3 Å². The lowest BCUT2D eigenvalue weighted by atomic mass is 10.1. The summed E-state index contributed by atoms with van der Waals surface area (Å²) in [5.74, 6) is 1.87. The van der Waals surface area contributed by atoms with Gasteiger partial charge in [0.25, 0.3) is 0 Å². The fraction of sp³-hybridized carbons (Fsp3) is 0.400. The molecule has 4 nitrogen and oxygen atoms in total. The predicted octanol–water partition coefficient (Wildman–Crippen LogP) is 0.830. The molecule has 0 aliphatic rings. The van der Waals surface area contributed by atoms with Gasteiger partial charge >= 0.3 is 11.9 Å². The fourth-order valence-electron chi connectivity index (χ4n) is 0.745. The molecule has 0 aliphatic heterocycles. The normalized spacial score (nSPS) is 10.6. The number of esters is 1. The van der Waals surface area contributed by atoms with Crippen LogP contribution in [0.1, 0.15) is 13.3 Å². The Hall–Kier alpha value is -1.76. The Morgan fingerprint density at radius 3 is 2.71 bits per heavy atom. The molecule has 0 aromatic heterocycles. The summed E-state index contributed by atoms with van der Waals surface area (Å²) in [5, 5.41) is 8.65. The second-order valence-electron chi connectivity index (χ2n) is 2.45. The Balaban J connectivity index is 4.19. The van der Waals surface area contributed by atoms with E-state index in [2.05, 4.69) is 23.2 Å². The van der Waals surface area contributed by atoms with Crippen LogP contribution in [0, 0.1) is 17.8 Å². The number of ether oxygens (including phenoxy) is 1. The van der Waals surface area contributed by atoms with Crippen LogP contribution in [0.15, 0.2) is 12.7 Å². The first-order chi connectivity index (χ1) is 6.63. The molecule has 1 N–H and O–H groups in total. The molecule has 0 fully saturated rings. The summed E-state index contributed by atoms with van der Waals surface area (Å²) in [4.78, 5) is 21.7. The highest BCUT2D eigenvalue weighted by molar-refractivity contribution is 5.94. The van der Waals surface area contributed by atoms with E-state index in [1.807, 2.05) is 0 Å². The molecule has 76 valence electrons. The Morgan fingerprint density at radius 1 is 1.64 bits per heavy atom. The molecule has 0 amide bonds. The van der Waals surface area contributed by atoms with Crippen molar-refractivity contribution in [1.29, 1.82) is 0 Å². The van der Waals surface area contributed by atoms with Gasteiger partial charge in [-0.25, -0.2) is 0 Å². The molecule has 0 bridgehead atoms. The van der Waals surface area contributed by atoms with Gasteiger partial charge in [0.15, 0.2) is 12.5 Å². The summed E-state index contributed by atoms with van der Waals surface area (Å²) in [6.07, 6.45) is 1.43. The number of allylic oxidation sites excluding steroid dienone is 1. The molecule has 0 rings (SSSR count). The van der Waals surface area contributed by atoms with Crippen LogP contribution in [0.4, 0.5) is 0 Å². The van der Waals surface area contributed by atoms with E-state index in [1.165, 1.54) is 6.08 Å². The van der Waals surface area contributed by atoms with Gasteiger partial charge < -0.3 is 9.84 Å². The van der Waals surface area contributed by atoms with E-state index in [-0.39, 0.29) is 13.0 Å². The molecule has 0 radical (unpaired) electrons. The van der Waals surface area contributed by atoms with Crippen molar-refractivity contribution < 1.29 is 19.4 Å². The molecular weight excluding hydrogens is 184 g/mol. The molecule has 14 heavy (non-hydrogen) atoms. The lowest BCUT2D eigenvalue weighted by molar-refractivity contribution is -0.157. The summed E-state index contributed by atoms with van der Waals surface area (Å²) in [5.41, 5.74) is 0. The maximum Gasteiger partial charge on any atom is 0.321 e. The molecule has 0 aromatic rings. The monoisotopic (exact) mass is 196 g/mol. The van der Waals surface area contributed by atoms with Crippen LogP contribution in [0.25, 0.3) is 0 Å². The van der Waals surface area contributed by atoms with Gasteiger partial charge in [0.2, 0.25) is 0 Å². The van der Waals surface area contributed by atoms with Crippen molar-refractivity contribution in [3.8, 4) is 11.8 Å². The van der Waals surface area contributed by atoms with E-state index < -0.39 is 17.9 Å². The van der Waals surface area contributed by atoms with E-state index in [0.717, 1.165) is 0 Å². The second-order valence-corrected chi connectivity index (χ2v) is 2.45. The van der Waals surface area contributed by atoms with Crippen LogP contribution in [0.5, 0.6) is 0 Å². The van der Waals surface area contributed by atoms with E-state index in [4.69, 9.17) is 5.11 Å². The van der Waals surface area contributed by atoms with Gasteiger partial charge in [0, 0.05) is 0 Å². The Morgan fingerprint density at radius 2 is 2.29 bits per heavy atom. The summed E-state index contributed by atoms with van der Waals surface area (Å²) in [6, 6.07) is 0. The van der Waals surface area contributed by atoms with Gasteiger partial charge in [-0.05, 0) is 13.3 Å². The summed E-state index contributed by atoms with van der Waals surface area (Å²) < 4.78 is 4.62. The minimum absolute atomic E-state index is 0.0632. The number of hydrogen-bond donors (Lipinski definition) is 1. The average Bonchev–Trinajstić information content (AvgIpc) is 2.13. The zero-order chi connectivity index (χ0) is 11.0. The molecule has 1 unspecified atom stereocenters. The van der Waals surface area contributed by atoms with Gasteiger partial charge in [-0.15, -0.1) is 12.5 Å². The van der Waals surface area contributed by atoms with Crippen LogP contribution in [0.3, 0.4) is 0 Å². The number of rotatable bonds is 5. The standard InChI is InChI=1S/C10H12O4/c1-3-5-7-14-10(13)8(6-4-2)9(11)12/h4,8H,2,6-7H2,1H3,(H,11,12). The minimum Gasteiger partial charge on any atom is -0.481 e. The summed E-state index contributed by atoms with van der Waals surface area (Å²) in [6.45, 7) is 4.89. The van der Waals surface area contributed by atoms with Gasteiger partial charge in [-0.2, -0.15) is 0 Å². The van der Waals surface area contributed by atoms with Crippen molar-refractivity contribution in [2.75, 3.05) is 6.61 Å². The van der Waals surface area contributed by atoms with E-state index in [1.54, 1.807) is 6.92 Å². The highest BCUT2D eigenvalue weighted by atomic mass is 16.5. The molecular formula is C10H12O4. The number of carboxylic acids is 1. The lowest BCUT2D eigenvalue weighted by Crippen LogP contribution is -2.25. The molecule has 1 atom stereocenters. The summed E-state index contributed by atoms with van der Waals surface area (Å²) >= 11 is 0. The van der Waals surface area contributed by atoms with Crippen molar-refractivity contribution in [2.45, 2.75) is 13.3 Å². The van der Waals surface area contributed by atoms with E-state index in [0.29, 0.717) is 0 Å². The van der Waals surface area contributed by atoms with Crippen LogP contribution in [-0.4, -0.2) is 23.7 Å². The summed E-state index contributed by atoms with van der Waals surface area (Å²) in [7, 11) is 0. The van der Waals surface area contributed by atoms with Crippen molar-refractivity contribution in [2.24, 2.45) is 5.92 Å². The highest BCUT2D eigenvalue weighted by Crippen LogP contribution is 2.06. The molecule has 0 heterocycles. The largest absolute Gasteiger partial charge is 0.481 e. The maximum absolute atomic E-state index is 11.1. The van der Waals surface area contributed by atoms with Gasteiger partial charge in [0.05, 0.1) is 0 Å². The van der Waals surface area contributed by atoms with Crippen LogP contribution < -0.4 is 0 Å². The number of carbonyl (C=O) groups excluding carboxylic acids is 1. The Kier molecular flexibility index (Phi) is 5.88. The lowest BCUT2D eigenvalue weighted by Gasteiger charge is -2.07. The Labute approximate surface area is 82.6 Å². The van der Waals surface area contributed by atoms with Crippen molar-refractivity contribution in [1.82, 2.24) is 0 Å². The van der Waals surface area contributed by atoms with Crippen molar-refractivity contribution >= 4 is 11.9 Å². The number of hydrogen-bond acceptors (Lipinski definition) is 3. The van der Waals surface area contributed by atoms with Crippen molar-refractivity contribution in [3.05, 3.63) is 12.7 Å². The molecule has 0 aromatic carbocycles. The average molecular weight is 196 g/mol. The van der Waals surface area contributed by atoms with Crippen LogP contribution in [0.2, 0.25) is 0 Å². The number of carbonyl (C=O) groups is 2. The molecule has 0 saturated carbocycles. The first-order valence-electron chi connectivity index (χ1n) is 4.03. The van der Waals surface area contributed by atoms with E-state index >= 15 is 0 Å². The zero-order valence-corrected chi connectivity index (χ0v) is 7.95. The van der Waals surface area contributed by atoms with E-state index in [9.17, 15) is 9.59 Å². The Bertz CT molecular complexity index is 282. The van der Waals surface area contributed by atoms with Gasteiger partial charge in [-0.1, -0.05) is 12.0 Å². The van der Waals surface area contributed by atoms with Crippen molar-refractivity contribution in [3.63, 3.8) is 0 Å². The fourth-order valence-corrected chi connectivity index (χ4v) is 0.745. The topological polar surface area (TPSA) is 63.6 Å². The first kappa shape index (κ1) is 12.2. The first-order valence-corrected chi connectivity index (χ1v) is 4.03. The quantitative estimate of drug-likeness (QED) is 0.306. The molecule has 0 saturated heterocycles. The second kappa shape index (κ2) is 6.72. The molecule has 0 spiro atoms. The van der Waals surface area contributed by atoms with Gasteiger partial charge in [0.1, 0.15) is 0 Å². The van der Waals surface area contributed by atoms with Gasteiger partial charge in [-0.3, -0.25) is 9.59 Å². The smallest absolute Gasteiger partial charge is 0.321 e. The molecule has 4 heteroatoms. The SMILES string of the molecule is C=CCC(C(=O)O)C(=O)OCC#CC. The molecule has 0 aliphatic carbocycles. The maximum atomic E-state index is 11.1. The third-order valence-electron chi connectivity index (χ3n) is 1.45. The minimum atomic E-state index is -1.21. The predicted molar refractivity (Wildman–Crippen MR) is 50.3 cm³/mol. The van der Waals surface area contributed by atoms with Crippen LogP contribution >= 0.6 is 0 Å².